The van der Waals surface area contributed by atoms with Gasteiger partial charge in [-0.2, -0.15) is 0 Å². The third kappa shape index (κ3) is 28.9. The third-order valence-electron chi connectivity index (χ3n) is 1.84. The fraction of sp³-hybridized carbons (Fsp3) is 1.00. The Bertz CT molecular complexity index is 289. The average Bonchev–Trinajstić information content (AvgIpc) is 2.33. The van der Waals surface area contributed by atoms with Gasteiger partial charge >= 0.3 is 15.2 Å². The van der Waals surface area contributed by atoms with E-state index in [1.165, 1.54) is 0 Å². The van der Waals surface area contributed by atoms with Gasteiger partial charge in [-0.15, -0.1) is 0 Å². The van der Waals surface area contributed by atoms with E-state index in [0.717, 1.165) is 0 Å². The molecule has 0 aliphatic rings. The van der Waals surface area contributed by atoms with E-state index < -0.39 is 15.2 Å². The Morgan fingerprint density at radius 3 is 1.29 bits per heavy atom. The molecule has 0 fully saturated rings. The zero-order chi connectivity index (χ0) is 16.8. The lowest BCUT2D eigenvalue weighted by atomic mass is 10.4. The molecule has 0 heterocycles. The lowest BCUT2D eigenvalue weighted by Gasteiger charge is -2.04. The summed E-state index contributed by atoms with van der Waals surface area (Å²) in [4.78, 5) is 41.9. The van der Waals surface area contributed by atoms with Crippen LogP contribution in [0, 0.1) is 0 Å². The fourth-order valence-corrected chi connectivity index (χ4v) is 2.22. The molecule has 21 heavy (non-hydrogen) atoms. The van der Waals surface area contributed by atoms with Crippen LogP contribution in [0.2, 0.25) is 0 Å². The summed E-state index contributed by atoms with van der Waals surface area (Å²) in [6.45, 7) is 1.73. The summed E-state index contributed by atoms with van der Waals surface area (Å²) in [6.07, 6.45) is -0.356. The molecule has 0 aliphatic carbocycles. The Labute approximate surface area is 122 Å². The van der Waals surface area contributed by atoms with Gasteiger partial charge in [-0.05, 0) is 12.8 Å². The zero-order valence-electron chi connectivity index (χ0n) is 11.5. The van der Waals surface area contributed by atoms with E-state index in [1.54, 1.807) is 0 Å². The third-order valence-corrected chi connectivity index (χ3v) is 3.64. The molecule has 0 saturated carbocycles. The molecule has 0 aromatic rings. The van der Waals surface area contributed by atoms with Crippen LogP contribution >= 0.6 is 15.2 Å². The Balaban J connectivity index is 0. The van der Waals surface area contributed by atoms with Crippen molar-refractivity contribution in [3.05, 3.63) is 0 Å². The van der Waals surface area contributed by atoms with Gasteiger partial charge < -0.3 is 34.0 Å². The second-order valence-corrected chi connectivity index (χ2v) is 7.39. The molecule has 0 spiro atoms. The molecule has 8 N–H and O–H groups in total. The second-order valence-electron chi connectivity index (χ2n) is 3.84. The summed E-state index contributed by atoms with van der Waals surface area (Å²) in [5, 5.41) is 0. The topological polar surface area (TPSA) is 195 Å². The zero-order valence-corrected chi connectivity index (χ0v) is 13.3. The molecule has 130 valence electrons. The number of ether oxygens (including phenoxy) is 1. The lowest BCUT2D eigenvalue weighted by molar-refractivity contribution is 0.0140. The van der Waals surface area contributed by atoms with Crippen LogP contribution in [0.1, 0.15) is 12.8 Å². The van der Waals surface area contributed by atoms with E-state index in [0.29, 0.717) is 26.4 Å². The molecule has 11 nitrogen and oxygen atoms in total. The Morgan fingerprint density at radius 1 is 0.714 bits per heavy atom. The van der Waals surface area contributed by atoms with Crippen molar-refractivity contribution < 1.29 is 43.1 Å². The van der Waals surface area contributed by atoms with Gasteiger partial charge in [0.05, 0.1) is 26.4 Å². The molecule has 0 atom stereocenters. The maximum atomic E-state index is 10.3. The van der Waals surface area contributed by atoms with Crippen molar-refractivity contribution in [1.82, 2.24) is 0 Å². The monoisotopic (exact) mass is 354 g/mol. The van der Waals surface area contributed by atoms with Crippen LogP contribution in [0.15, 0.2) is 0 Å². The number of rotatable bonds is 11. The predicted octanol–water partition coefficient (Wildman–Crippen LogP) is -1.09. The summed E-state index contributed by atoms with van der Waals surface area (Å²) in [6, 6.07) is 0. The Morgan fingerprint density at radius 2 is 1.05 bits per heavy atom. The molecule has 0 radical (unpaired) electrons. The minimum Gasteiger partial charge on any atom is -0.377 e. The predicted molar refractivity (Wildman–Crippen MR) is 74.2 cm³/mol. The van der Waals surface area contributed by atoms with Gasteiger partial charge in [-0.25, -0.2) is 11.8 Å². The van der Waals surface area contributed by atoms with E-state index in [-0.39, 0.29) is 25.2 Å². The number of nitrogens with two attached hydrogens (primary N) is 2. The molecule has 0 aliphatic heterocycles. The van der Waals surface area contributed by atoms with Gasteiger partial charge in [-0.3, -0.25) is 9.13 Å². The Kier molecular flexibility index (Phi) is 15.3. The van der Waals surface area contributed by atoms with Crippen molar-refractivity contribution in [2.75, 3.05) is 38.8 Å². The summed E-state index contributed by atoms with van der Waals surface area (Å²) in [5.41, 5.74) is 0. The van der Waals surface area contributed by atoms with Crippen LogP contribution < -0.4 is 11.8 Å². The molecule has 0 rings (SSSR count). The summed E-state index contributed by atoms with van der Waals surface area (Å²) in [5.74, 6) is 9.41. The van der Waals surface area contributed by atoms with E-state index in [1.807, 2.05) is 0 Å². The van der Waals surface area contributed by atoms with Gasteiger partial charge in [-0.1, -0.05) is 0 Å². The largest absolute Gasteiger partial charge is 0.377 e. The summed E-state index contributed by atoms with van der Waals surface area (Å²) >= 11 is 0. The molecule has 13 heteroatoms. The first kappa shape index (κ1) is 23.4. The standard InChI is InChI=1S/C4H12N2O3.C4H12O6P2/c5-8-3-1-7-2-4-9-6;5-11(6,7)3-1-2-4-12(8,9)10/h1-6H2;1-4H2,(H2,5,6,7)(H2,8,9,10). The Hall–Kier alpha value is 0.1000. The highest BCUT2D eigenvalue weighted by Crippen LogP contribution is 2.38. The van der Waals surface area contributed by atoms with Crippen LogP contribution in [0.25, 0.3) is 0 Å². The quantitative estimate of drug-likeness (QED) is 0.150. The molecular formula is C8H24N2O9P2. The highest BCUT2D eigenvalue weighted by molar-refractivity contribution is 7.52. The van der Waals surface area contributed by atoms with E-state index in [2.05, 4.69) is 9.68 Å². The van der Waals surface area contributed by atoms with Crippen LogP contribution in [-0.4, -0.2) is 58.3 Å². The van der Waals surface area contributed by atoms with Crippen molar-refractivity contribution in [2.45, 2.75) is 12.8 Å². The van der Waals surface area contributed by atoms with Gasteiger partial charge in [0.25, 0.3) is 0 Å². The van der Waals surface area contributed by atoms with Crippen molar-refractivity contribution in [2.24, 2.45) is 11.8 Å². The summed E-state index contributed by atoms with van der Waals surface area (Å²) < 4.78 is 25.4. The molecule has 0 amide bonds. The van der Waals surface area contributed by atoms with E-state index in [9.17, 15) is 9.13 Å². The van der Waals surface area contributed by atoms with Crippen molar-refractivity contribution in [3.8, 4) is 0 Å². The van der Waals surface area contributed by atoms with Crippen LogP contribution in [0.4, 0.5) is 0 Å². The first-order valence-corrected chi connectivity index (χ1v) is 9.52. The SMILES string of the molecule is NOCCOCCON.O=P(O)(O)CCCCP(=O)(O)O. The number of hydrogen-bond acceptors (Lipinski definition) is 7. The molecule has 0 aromatic heterocycles. The summed E-state index contributed by atoms with van der Waals surface area (Å²) in [7, 11) is -8.00. The molecule has 0 unspecified atom stereocenters. The normalized spacial score (nSPS) is 11.9. The fourth-order valence-electron chi connectivity index (χ4n) is 0.952. The van der Waals surface area contributed by atoms with Gasteiger partial charge in [0.15, 0.2) is 0 Å². The second kappa shape index (κ2) is 13.7. The van der Waals surface area contributed by atoms with Gasteiger partial charge in [0, 0.05) is 12.3 Å². The molecule has 0 aromatic carbocycles. The highest BCUT2D eigenvalue weighted by Gasteiger charge is 2.15. The van der Waals surface area contributed by atoms with E-state index >= 15 is 0 Å². The van der Waals surface area contributed by atoms with Crippen molar-refractivity contribution >= 4 is 15.2 Å². The number of unbranched alkanes of at least 4 members (excludes halogenated alkanes) is 1. The maximum absolute atomic E-state index is 10.3. The van der Waals surface area contributed by atoms with Crippen LogP contribution in [0.3, 0.4) is 0 Å². The maximum Gasteiger partial charge on any atom is 0.325 e. The van der Waals surface area contributed by atoms with Crippen LogP contribution in [0.5, 0.6) is 0 Å². The molecule has 0 bridgehead atoms. The van der Waals surface area contributed by atoms with Crippen molar-refractivity contribution in [3.63, 3.8) is 0 Å². The van der Waals surface area contributed by atoms with Crippen LogP contribution in [-0.2, 0) is 23.5 Å². The van der Waals surface area contributed by atoms with E-state index in [4.69, 9.17) is 36.1 Å². The molecular weight excluding hydrogens is 330 g/mol. The number of hydrogen-bond donors (Lipinski definition) is 6. The highest BCUT2D eigenvalue weighted by atomic mass is 31.2. The minimum absolute atomic E-state index is 0.134. The first-order chi connectivity index (χ1) is 9.62. The first-order valence-electron chi connectivity index (χ1n) is 5.92. The smallest absolute Gasteiger partial charge is 0.325 e. The molecule has 0 saturated heterocycles. The van der Waals surface area contributed by atoms with Gasteiger partial charge in [0.2, 0.25) is 0 Å². The van der Waals surface area contributed by atoms with Crippen molar-refractivity contribution in [1.29, 1.82) is 0 Å². The lowest BCUT2D eigenvalue weighted by Crippen LogP contribution is -2.12. The minimum atomic E-state index is -4.00. The van der Waals surface area contributed by atoms with Gasteiger partial charge in [0.1, 0.15) is 0 Å². The average molecular weight is 354 g/mol.